The number of H-pyrrole nitrogens is 1. The Bertz CT molecular complexity index is 1070. The van der Waals surface area contributed by atoms with Gasteiger partial charge in [0.15, 0.2) is 5.88 Å². The van der Waals surface area contributed by atoms with Gasteiger partial charge >= 0.3 is 0 Å². The number of fused-ring (bicyclic) bond motifs is 2. The Kier molecular flexibility index (Phi) is 4.72. The molecule has 1 aliphatic rings. The topological polar surface area (TPSA) is 90.2 Å². The van der Waals surface area contributed by atoms with Crippen molar-refractivity contribution in [2.75, 3.05) is 13.2 Å². The van der Waals surface area contributed by atoms with Crippen LogP contribution in [0.3, 0.4) is 0 Å². The summed E-state index contributed by atoms with van der Waals surface area (Å²) in [5, 5.41) is 24.9. The van der Waals surface area contributed by atoms with Crippen LogP contribution in [0.25, 0.3) is 10.9 Å². The third kappa shape index (κ3) is 3.24. The number of aliphatic imine (C=N–C) groups is 1. The molecule has 138 valence electrons. The lowest BCUT2D eigenvalue weighted by atomic mass is 10.0. The van der Waals surface area contributed by atoms with Crippen LogP contribution in [0.15, 0.2) is 57.1 Å². The van der Waals surface area contributed by atoms with E-state index in [0.29, 0.717) is 23.6 Å². The maximum atomic E-state index is 10.6. The highest BCUT2D eigenvalue weighted by atomic mass is 79.9. The van der Waals surface area contributed by atoms with Gasteiger partial charge in [0.1, 0.15) is 18.0 Å². The van der Waals surface area contributed by atoms with Crippen LogP contribution >= 0.6 is 15.9 Å². The molecule has 2 heterocycles. The minimum Gasteiger partial charge on any atom is -0.494 e. The molecular weight excluding hydrogens is 410 g/mol. The molecule has 0 bridgehead atoms. The SMILES string of the molecule is CC(CO)CON=C1C(c2c(O)[nH]c3cc(Br)ccc23)=Nc2ccccc21. The second kappa shape index (κ2) is 7.17. The van der Waals surface area contributed by atoms with Gasteiger partial charge in [-0.15, -0.1) is 0 Å². The predicted molar refractivity (Wildman–Crippen MR) is 109 cm³/mol. The van der Waals surface area contributed by atoms with E-state index in [1.54, 1.807) is 0 Å². The number of aromatic amines is 1. The summed E-state index contributed by atoms with van der Waals surface area (Å²) in [7, 11) is 0. The van der Waals surface area contributed by atoms with E-state index in [0.717, 1.165) is 26.6 Å². The minimum atomic E-state index is -0.0229. The summed E-state index contributed by atoms with van der Waals surface area (Å²) in [5.41, 5.74) is 4.12. The van der Waals surface area contributed by atoms with Crippen molar-refractivity contribution in [1.29, 1.82) is 0 Å². The molecule has 7 heteroatoms. The van der Waals surface area contributed by atoms with Crippen LogP contribution in [0.2, 0.25) is 0 Å². The van der Waals surface area contributed by atoms with E-state index >= 15 is 0 Å². The lowest BCUT2D eigenvalue weighted by Crippen LogP contribution is -2.15. The van der Waals surface area contributed by atoms with Gasteiger partial charge < -0.3 is 20.0 Å². The summed E-state index contributed by atoms with van der Waals surface area (Å²) < 4.78 is 0.912. The smallest absolute Gasteiger partial charge is 0.199 e. The maximum Gasteiger partial charge on any atom is 0.199 e. The van der Waals surface area contributed by atoms with E-state index in [2.05, 4.69) is 26.1 Å². The Balaban J connectivity index is 1.81. The highest BCUT2D eigenvalue weighted by Gasteiger charge is 2.29. The van der Waals surface area contributed by atoms with Gasteiger partial charge in [-0.2, -0.15) is 0 Å². The van der Waals surface area contributed by atoms with Crippen molar-refractivity contribution in [2.24, 2.45) is 16.1 Å². The number of aromatic nitrogens is 1. The first-order valence-electron chi connectivity index (χ1n) is 8.58. The highest BCUT2D eigenvalue weighted by Crippen LogP contribution is 2.36. The second-order valence-corrected chi connectivity index (χ2v) is 7.46. The van der Waals surface area contributed by atoms with E-state index < -0.39 is 0 Å². The number of nitrogens with one attached hydrogen (secondary N) is 1. The molecule has 0 radical (unpaired) electrons. The molecule has 4 rings (SSSR count). The normalized spacial score (nSPS) is 15.8. The summed E-state index contributed by atoms with van der Waals surface area (Å²) >= 11 is 3.44. The quantitative estimate of drug-likeness (QED) is 0.534. The van der Waals surface area contributed by atoms with Crippen LogP contribution in [0.1, 0.15) is 18.1 Å². The Labute approximate surface area is 164 Å². The van der Waals surface area contributed by atoms with E-state index in [-0.39, 0.29) is 18.4 Å². The minimum absolute atomic E-state index is 0.0229. The van der Waals surface area contributed by atoms with Gasteiger partial charge in [0.25, 0.3) is 0 Å². The first kappa shape index (κ1) is 17.8. The van der Waals surface area contributed by atoms with Crippen molar-refractivity contribution in [3.8, 4) is 5.88 Å². The molecule has 6 nitrogen and oxygen atoms in total. The molecule has 0 aliphatic carbocycles. The number of nitrogens with zero attached hydrogens (tertiary/aromatic N) is 2. The summed E-state index contributed by atoms with van der Waals surface area (Å²) in [6.45, 7) is 2.20. The largest absolute Gasteiger partial charge is 0.494 e. The Morgan fingerprint density at radius 1 is 1.26 bits per heavy atom. The molecule has 1 unspecified atom stereocenters. The van der Waals surface area contributed by atoms with Gasteiger partial charge in [-0.05, 0) is 18.2 Å². The van der Waals surface area contributed by atoms with Gasteiger partial charge in [0.05, 0.1) is 16.8 Å². The van der Waals surface area contributed by atoms with E-state index in [9.17, 15) is 10.2 Å². The molecule has 2 aromatic carbocycles. The van der Waals surface area contributed by atoms with E-state index in [1.165, 1.54) is 0 Å². The summed E-state index contributed by atoms with van der Waals surface area (Å²) in [5.74, 6) is 0.0105. The zero-order valence-corrected chi connectivity index (χ0v) is 16.2. The van der Waals surface area contributed by atoms with Crippen molar-refractivity contribution >= 4 is 43.9 Å². The van der Waals surface area contributed by atoms with E-state index in [4.69, 9.17) is 9.83 Å². The molecule has 1 aromatic heterocycles. The molecule has 1 atom stereocenters. The van der Waals surface area contributed by atoms with Crippen molar-refractivity contribution in [3.63, 3.8) is 0 Å². The summed E-state index contributed by atoms with van der Waals surface area (Å²) in [6, 6.07) is 13.4. The van der Waals surface area contributed by atoms with E-state index in [1.807, 2.05) is 49.4 Å². The predicted octanol–water partition coefficient (Wildman–Crippen LogP) is 4.12. The fraction of sp³-hybridized carbons (Fsp3) is 0.200. The molecule has 0 fully saturated rings. The molecule has 27 heavy (non-hydrogen) atoms. The monoisotopic (exact) mass is 427 g/mol. The van der Waals surface area contributed by atoms with Crippen LogP contribution in [-0.2, 0) is 4.84 Å². The zero-order valence-electron chi connectivity index (χ0n) is 14.6. The standard InChI is InChI=1S/C20H18BrN3O3/c1-11(9-25)10-27-24-18-14-4-2-3-5-15(14)22-19(18)17-13-7-6-12(21)8-16(13)23-20(17)26/h2-8,11,23,25-26H,9-10H2,1H3. The number of aromatic hydroxyl groups is 1. The molecular formula is C20H18BrN3O3. The van der Waals surface area contributed by atoms with Gasteiger partial charge in [-0.1, -0.05) is 52.3 Å². The number of hydrogen-bond acceptors (Lipinski definition) is 5. The third-order valence-corrected chi connectivity index (χ3v) is 4.91. The number of oxime groups is 1. The number of aliphatic hydroxyl groups excluding tert-OH is 1. The van der Waals surface area contributed by atoms with Crippen LogP contribution in [0.5, 0.6) is 5.88 Å². The van der Waals surface area contributed by atoms with Gasteiger partial charge in [-0.3, -0.25) is 0 Å². The summed E-state index contributed by atoms with van der Waals surface area (Å²) in [4.78, 5) is 13.2. The van der Waals surface area contributed by atoms with Crippen LogP contribution < -0.4 is 0 Å². The lowest BCUT2D eigenvalue weighted by molar-refractivity contribution is 0.0860. The molecule has 0 spiro atoms. The number of benzene rings is 2. The third-order valence-electron chi connectivity index (χ3n) is 4.42. The lowest BCUT2D eigenvalue weighted by Gasteiger charge is -2.08. The molecule has 3 N–H and O–H groups in total. The fourth-order valence-corrected chi connectivity index (χ4v) is 3.38. The molecule has 1 aliphatic heterocycles. The average molecular weight is 428 g/mol. The second-order valence-electron chi connectivity index (χ2n) is 6.54. The number of halogens is 1. The molecule has 0 saturated carbocycles. The Morgan fingerprint density at radius 2 is 2.07 bits per heavy atom. The fourth-order valence-electron chi connectivity index (χ4n) is 3.02. The zero-order chi connectivity index (χ0) is 19.0. The maximum absolute atomic E-state index is 10.6. The average Bonchev–Trinajstić information content (AvgIpc) is 3.17. The first-order chi connectivity index (χ1) is 13.1. The van der Waals surface area contributed by atoms with Gasteiger partial charge in [-0.25, -0.2) is 4.99 Å². The van der Waals surface area contributed by atoms with Crippen molar-refractivity contribution in [1.82, 2.24) is 4.98 Å². The van der Waals surface area contributed by atoms with Crippen molar-refractivity contribution in [2.45, 2.75) is 6.92 Å². The first-order valence-corrected chi connectivity index (χ1v) is 9.37. The number of aliphatic hydroxyl groups is 1. The van der Waals surface area contributed by atoms with Crippen LogP contribution in [0.4, 0.5) is 5.69 Å². The van der Waals surface area contributed by atoms with Gasteiger partial charge in [0.2, 0.25) is 0 Å². The van der Waals surface area contributed by atoms with Gasteiger partial charge in [0, 0.05) is 27.9 Å². The van der Waals surface area contributed by atoms with Crippen molar-refractivity contribution in [3.05, 3.63) is 58.1 Å². The Hall–Kier alpha value is -2.64. The van der Waals surface area contributed by atoms with Crippen molar-refractivity contribution < 1.29 is 15.1 Å². The number of para-hydroxylation sites is 1. The highest BCUT2D eigenvalue weighted by molar-refractivity contribution is 9.10. The molecule has 0 saturated heterocycles. The molecule has 0 amide bonds. The summed E-state index contributed by atoms with van der Waals surface area (Å²) in [6.07, 6.45) is 0. The number of rotatable bonds is 5. The Morgan fingerprint density at radius 3 is 2.89 bits per heavy atom. The number of hydrogen-bond donors (Lipinski definition) is 3. The van der Waals surface area contributed by atoms with Crippen LogP contribution in [-0.4, -0.2) is 39.8 Å². The molecule has 3 aromatic rings. The van der Waals surface area contributed by atoms with Crippen LogP contribution in [0, 0.1) is 5.92 Å².